The SMILES string of the molecule is CCNC(=NCCN(C)CCCOC)NCCc1ccccc1F. The van der Waals surface area contributed by atoms with Crippen LogP contribution in [0.3, 0.4) is 0 Å². The van der Waals surface area contributed by atoms with Gasteiger partial charge < -0.3 is 20.3 Å². The summed E-state index contributed by atoms with van der Waals surface area (Å²) in [6.45, 7) is 6.89. The first kappa shape index (κ1) is 20.4. The lowest BCUT2D eigenvalue weighted by Crippen LogP contribution is -2.39. The third-order valence-corrected chi connectivity index (χ3v) is 3.63. The first-order valence-corrected chi connectivity index (χ1v) is 8.60. The van der Waals surface area contributed by atoms with E-state index >= 15 is 0 Å². The topological polar surface area (TPSA) is 48.9 Å². The monoisotopic (exact) mass is 338 g/mol. The van der Waals surface area contributed by atoms with Gasteiger partial charge in [-0.25, -0.2) is 4.39 Å². The summed E-state index contributed by atoms with van der Waals surface area (Å²) in [6.07, 6.45) is 1.66. The second kappa shape index (κ2) is 12.7. The highest BCUT2D eigenvalue weighted by molar-refractivity contribution is 5.79. The van der Waals surface area contributed by atoms with Crippen molar-refractivity contribution in [2.24, 2.45) is 4.99 Å². The Labute approximate surface area is 145 Å². The van der Waals surface area contributed by atoms with Crippen LogP contribution in [0.1, 0.15) is 18.9 Å². The molecule has 1 aromatic carbocycles. The van der Waals surface area contributed by atoms with Gasteiger partial charge in [0.15, 0.2) is 5.96 Å². The van der Waals surface area contributed by atoms with Crippen LogP contribution in [-0.4, -0.2) is 64.3 Å². The Hall–Kier alpha value is -1.66. The summed E-state index contributed by atoms with van der Waals surface area (Å²) in [4.78, 5) is 6.80. The fraction of sp³-hybridized carbons (Fsp3) is 0.611. The number of rotatable bonds is 11. The Bertz CT molecular complexity index is 482. The quantitative estimate of drug-likeness (QED) is 0.368. The molecule has 1 aromatic rings. The molecule has 5 nitrogen and oxygen atoms in total. The van der Waals surface area contributed by atoms with Gasteiger partial charge in [-0.3, -0.25) is 4.99 Å². The number of nitrogens with zero attached hydrogens (tertiary/aromatic N) is 2. The highest BCUT2D eigenvalue weighted by Gasteiger charge is 2.02. The van der Waals surface area contributed by atoms with Crippen molar-refractivity contribution in [2.45, 2.75) is 19.8 Å². The maximum absolute atomic E-state index is 13.6. The largest absolute Gasteiger partial charge is 0.385 e. The first-order valence-electron chi connectivity index (χ1n) is 8.60. The van der Waals surface area contributed by atoms with Gasteiger partial charge >= 0.3 is 0 Å². The van der Waals surface area contributed by atoms with E-state index in [4.69, 9.17) is 4.74 Å². The number of benzene rings is 1. The third kappa shape index (κ3) is 8.84. The molecule has 136 valence electrons. The van der Waals surface area contributed by atoms with E-state index in [-0.39, 0.29) is 5.82 Å². The van der Waals surface area contributed by atoms with Gasteiger partial charge in [0.1, 0.15) is 5.82 Å². The van der Waals surface area contributed by atoms with Crippen molar-refractivity contribution in [3.05, 3.63) is 35.6 Å². The molecular weight excluding hydrogens is 307 g/mol. The molecule has 1 rings (SSSR count). The molecule has 0 fully saturated rings. The summed E-state index contributed by atoms with van der Waals surface area (Å²) < 4.78 is 18.6. The molecule has 0 aliphatic heterocycles. The highest BCUT2D eigenvalue weighted by atomic mass is 19.1. The van der Waals surface area contributed by atoms with E-state index < -0.39 is 0 Å². The average molecular weight is 338 g/mol. The number of hydrogen-bond acceptors (Lipinski definition) is 3. The lowest BCUT2D eigenvalue weighted by atomic mass is 10.1. The number of hydrogen-bond donors (Lipinski definition) is 2. The van der Waals surface area contributed by atoms with Crippen molar-refractivity contribution in [2.75, 3.05) is 53.5 Å². The van der Waals surface area contributed by atoms with E-state index in [0.717, 1.165) is 50.7 Å². The van der Waals surface area contributed by atoms with Crippen LogP contribution >= 0.6 is 0 Å². The van der Waals surface area contributed by atoms with Crippen molar-refractivity contribution >= 4 is 5.96 Å². The fourth-order valence-corrected chi connectivity index (χ4v) is 2.28. The molecule has 0 radical (unpaired) electrons. The number of aliphatic imine (C=N–C) groups is 1. The Morgan fingerprint density at radius 3 is 2.75 bits per heavy atom. The second-order valence-corrected chi connectivity index (χ2v) is 5.68. The summed E-state index contributed by atoms with van der Waals surface area (Å²) in [5.74, 6) is 0.623. The smallest absolute Gasteiger partial charge is 0.191 e. The Morgan fingerprint density at radius 1 is 1.25 bits per heavy atom. The molecule has 0 spiro atoms. The molecule has 0 saturated heterocycles. The standard InChI is InChI=1S/C18H31FN4O/c1-4-20-18(22-12-14-23(2)13-7-15-24-3)21-11-10-16-8-5-6-9-17(16)19/h5-6,8-9H,4,7,10-15H2,1-3H3,(H2,20,21,22). The minimum absolute atomic E-state index is 0.154. The predicted molar refractivity (Wildman–Crippen MR) is 98.1 cm³/mol. The molecule has 0 atom stereocenters. The van der Waals surface area contributed by atoms with Crippen LogP contribution in [0.5, 0.6) is 0 Å². The highest BCUT2D eigenvalue weighted by Crippen LogP contribution is 2.06. The van der Waals surface area contributed by atoms with E-state index in [9.17, 15) is 4.39 Å². The van der Waals surface area contributed by atoms with Gasteiger partial charge in [0, 0.05) is 39.9 Å². The van der Waals surface area contributed by atoms with Gasteiger partial charge in [-0.05, 0) is 38.4 Å². The summed E-state index contributed by atoms with van der Waals surface area (Å²) in [6, 6.07) is 6.88. The van der Waals surface area contributed by atoms with Crippen LogP contribution < -0.4 is 10.6 Å². The van der Waals surface area contributed by atoms with Crippen molar-refractivity contribution in [1.82, 2.24) is 15.5 Å². The molecule has 0 amide bonds. The van der Waals surface area contributed by atoms with Gasteiger partial charge in [0.2, 0.25) is 0 Å². The van der Waals surface area contributed by atoms with Gasteiger partial charge in [0.25, 0.3) is 0 Å². The zero-order valence-electron chi connectivity index (χ0n) is 15.1. The number of nitrogens with one attached hydrogen (secondary N) is 2. The molecule has 0 saturated carbocycles. The van der Waals surface area contributed by atoms with Crippen molar-refractivity contribution in [1.29, 1.82) is 0 Å². The first-order chi connectivity index (χ1) is 11.7. The Kier molecular flexibility index (Phi) is 10.8. The van der Waals surface area contributed by atoms with Crippen molar-refractivity contribution < 1.29 is 9.13 Å². The molecule has 0 aliphatic rings. The molecule has 0 aromatic heterocycles. The van der Waals surface area contributed by atoms with E-state index in [1.807, 2.05) is 19.1 Å². The normalized spacial score (nSPS) is 11.8. The maximum atomic E-state index is 13.6. The molecular formula is C18H31FN4O. The number of halogens is 1. The van der Waals surface area contributed by atoms with E-state index in [2.05, 4.69) is 27.6 Å². The van der Waals surface area contributed by atoms with Gasteiger partial charge in [-0.2, -0.15) is 0 Å². The van der Waals surface area contributed by atoms with Crippen molar-refractivity contribution in [3.63, 3.8) is 0 Å². The van der Waals surface area contributed by atoms with Crippen LogP contribution in [0, 0.1) is 5.82 Å². The van der Waals surface area contributed by atoms with Crippen LogP contribution in [0.4, 0.5) is 4.39 Å². The van der Waals surface area contributed by atoms with Crippen LogP contribution in [0.25, 0.3) is 0 Å². The second-order valence-electron chi connectivity index (χ2n) is 5.68. The lowest BCUT2D eigenvalue weighted by Gasteiger charge is -2.16. The lowest BCUT2D eigenvalue weighted by molar-refractivity contribution is 0.180. The summed E-state index contributed by atoms with van der Waals surface area (Å²) in [5, 5.41) is 6.47. The van der Waals surface area contributed by atoms with Gasteiger partial charge in [-0.15, -0.1) is 0 Å². The summed E-state index contributed by atoms with van der Waals surface area (Å²) in [7, 11) is 3.81. The number of likely N-dealkylation sites (N-methyl/N-ethyl adjacent to an activating group) is 1. The van der Waals surface area contributed by atoms with Gasteiger partial charge in [-0.1, -0.05) is 18.2 Å². The fourth-order valence-electron chi connectivity index (χ4n) is 2.28. The van der Waals surface area contributed by atoms with Crippen LogP contribution in [-0.2, 0) is 11.2 Å². The maximum Gasteiger partial charge on any atom is 0.191 e. The zero-order valence-corrected chi connectivity index (χ0v) is 15.1. The van der Waals surface area contributed by atoms with E-state index in [1.165, 1.54) is 6.07 Å². The number of methoxy groups -OCH3 is 1. The molecule has 0 aliphatic carbocycles. The molecule has 0 heterocycles. The van der Waals surface area contributed by atoms with Crippen LogP contribution in [0.15, 0.2) is 29.3 Å². The Morgan fingerprint density at radius 2 is 2.04 bits per heavy atom. The molecule has 24 heavy (non-hydrogen) atoms. The molecule has 2 N–H and O–H groups in total. The summed E-state index contributed by atoms with van der Waals surface area (Å²) in [5.41, 5.74) is 0.721. The number of ether oxygens (including phenoxy) is 1. The van der Waals surface area contributed by atoms with Crippen LogP contribution in [0.2, 0.25) is 0 Å². The number of guanidine groups is 1. The Balaban J connectivity index is 2.33. The molecule has 0 unspecified atom stereocenters. The van der Waals surface area contributed by atoms with Crippen molar-refractivity contribution in [3.8, 4) is 0 Å². The minimum atomic E-state index is -0.154. The third-order valence-electron chi connectivity index (χ3n) is 3.63. The van der Waals surface area contributed by atoms with E-state index in [0.29, 0.717) is 13.0 Å². The predicted octanol–water partition coefficient (Wildman–Crippen LogP) is 1.89. The zero-order chi connectivity index (χ0) is 17.6. The molecule has 6 heteroatoms. The average Bonchev–Trinajstić information content (AvgIpc) is 2.57. The summed E-state index contributed by atoms with van der Waals surface area (Å²) >= 11 is 0. The molecule has 0 bridgehead atoms. The van der Waals surface area contributed by atoms with E-state index in [1.54, 1.807) is 13.2 Å². The minimum Gasteiger partial charge on any atom is -0.385 e. The van der Waals surface area contributed by atoms with Gasteiger partial charge in [0.05, 0.1) is 6.54 Å².